The van der Waals surface area contributed by atoms with Crippen molar-refractivity contribution >= 4 is 17.2 Å². The highest BCUT2D eigenvalue weighted by Gasteiger charge is 2.11. The minimum Gasteiger partial charge on any atom is -0.350 e. The fourth-order valence-corrected chi connectivity index (χ4v) is 2.99. The molecule has 0 fully saturated rings. The van der Waals surface area contributed by atoms with Gasteiger partial charge >= 0.3 is 0 Å². The van der Waals surface area contributed by atoms with Crippen molar-refractivity contribution in [3.63, 3.8) is 0 Å². The number of likely N-dealkylation sites (N-methyl/N-ethyl adjacent to an activating group) is 1. The summed E-state index contributed by atoms with van der Waals surface area (Å²) in [5.41, 5.74) is 3.84. The molecule has 1 aromatic carbocycles. The molecule has 1 N–H and O–H groups in total. The topological polar surface area (TPSA) is 32.3 Å². The smallest absolute Gasteiger partial charge is 0.234 e. The third-order valence-electron chi connectivity index (χ3n) is 3.75. The Morgan fingerprint density at radius 1 is 1.27 bits per heavy atom. The zero-order chi connectivity index (χ0) is 15.9. The van der Waals surface area contributed by atoms with E-state index in [1.807, 2.05) is 17.5 Å². The Kier molecular flexibility index (Phi) is 6.16. The van der Waals surface area contributed by atoms with Gasteiger partial charge in [-0.1, -0.05) is 36.8 Å². The Bertz CT molecular complexity index is 608. The van der Waals surface area contributed by atoms with Crippen LogP contribution in [0.25, 0.3) is 0 Å². The van der Waals surface area contributed by atoms with Crippen LogP contribution in [0.1, 0.15) is 28.5 Å². The van der Waals surface area contributed by atoms with Gasteiger partial charge in [-0.3, -0.25) is 9.69 Å². The van der Waals surface area contributed by atoms with Crippen molar-refractivity contribution in [1.29, 1.82) is 0 Å². The lowest BCUT2D eigenvalue weighted by Crippen LogP contribution is -2.36. The van der Waals surface area contributed by atoms with Crippen LogP contribution in [0.15, 0.2) is 35.7 Å². The second-order valence-corrected chi connectivity index (χ2v) is 6.62. The molecule has 1 aromatic heterocycles. The van der Waals surface area contributed by atoms with Crippen LogP contribution in [0.5, 0.6) is 0 Å². The van der Waals surface area contributed by atoms with Crippen LogP contribution in [-0.2, 0) is 17.9 Å². The van der Waals surface area contributed by atoms with E-state index >= 15 is 0 Å². The van der Waals surface area contributed by atoms with E-state index in [-0.39, 0.29) is 5.91 Å². The Labute approximate surface area is 137 Å². The number of amides is 1. The molecule has 118 valence electrons. The molecule has 2 rings (SSSR count). The van der Waals surface area contributed by atoms with Crippen molar-refractivity contribution in [2.75, 3.05) is 13.1 Å². The summed E-state index contributed by atoms with van der Waals surface area (Å²) in [6.07, 6.45) is 0. The molecule has 2 aromatic rings. The highest BCUT2D eigenvalue weighted by atomic mass is 32.1. The van der Waals surface area contributed by atoms with Crippen LogP contribution in [0.3, 0.4) is 0 Å². The van der Waals surface area contributed by atoms with E-state index in [9.17, 15) is 4.79 Å². The molecule has 22 heavy (non-hydrogen) atoms. The number of hydrogen-bond acceptors (Lipinski definition) is 3. The van der Waals surface area contributed by atoms with E-state index in [1.54, 1.807) is 11.3 Å². The molecule has 0 aliphatic carbocycles. The predicted octanol–water partition coefficient (Wildman–Crippen LogP) is 3.50. The van der Waals surface area contributed by atoms with Gasteiger partial charge < -0.3 is 5.32 Å². The van der Waals surface area contributed by atoms with Crippen molar-refractivity contribution < 1.29 is 4.79 Å². The number of rotatable bonds is 7. The molecule has 0 bridgehead atoms. The standard InChI is InChI=1S/C18H24N2OS/c1-4-20(12-16-10-14(2)7-8-15(16)3)13-18(21)19-11-17-6-5-9-22-17/h5-10H,4,11-13H2,1-3H3,(H,19,21). The highest BCUT2D eigenvalue weighted by Crippen LogP contribution is 2.13. The first-order valence-electron chi connectivity index (χ1n) is 7.66. The fourth-order valence-electron chi connectivity index (χ4n) is 2.35. The van der Waals surface area contributed by atoms with Crippen LogP contribution < -0.4 is 5.32 Å². The number of carbonyl (C=O) groups is 1. The summed E-state index contributed by atoms with van der Waals surface area (Å²) in [7, 11) is 0. The van der Waals surface area contributed by atoms with Gasteiger partial charge in [-0.25, -0.2) is 0 Å². The van der Waals surface area contributed by atoms with Crippen molar-refractivity contribution in [3.8, 4) is 0 Å². The number of nitrogens with zero attached hydrogens (tertiary/aromatic N) is 1. The fraction of sp³-hybridized carbons (Fsp3) is 0.389. The number of benzene rings is 1. The SMILES string of the molecule is CCN(CC(=O)NCc1cccs1)Cc1cc(C)ccc1C. The van der Waals surface area contributed by atoms with Gasteiger partial charge in [0.05, 0.1) is 13.1 Å². The zero-order valence-corrected chi connectivity index (χ0v) is 14.4. The number of carbonyl (C=O) groups excluding carboxylic acids is 1. The Morgan fingerprint density at radius 2 is 2.09 bits per heavy atom. The summed E-state index contributed by atoms with van der Waals surface area (Å²) in [4.78, 5) is 15.5. The van der Waals surface area contributed by atoms with E-state index in [0.717, 1.165) is 13.1 Å². The minimum absolute atomic E-state index is 0.0838. The molecule has 0 saturated heterocycles. The number of thiophene rings is 1. The Balaban J connectivity index is 1.88. The lowest BCUT2D eigenvalue weighted by atomic mass is 10.1. The van der Waals surface area contributed by atoms with Gasteiger partial charge in [0.1, 0.15) is 0 Å². The van der Waals surface area contributed by atoms with E-state index in [0.29, 0.717) is 13.1 Å². The first-order valence-corrected chi connectivity index (χ1v) is 8.54. The average molecular weight is 316 g/mol. The van der Waals surface area contributed by atoms with Crippen molar-refractivity contribution in [2.45, 2.75) is 33.9 Å². The van der Waals surface area contributed by atoms with Gasteiger partial charge in [0.25, 0.3) is 0 Å². The largest absolute Gasteiger partial charge is 0.350 e. The molecular weight excluding hydrogens is 292 g/mol. The average Bonchev–Trinajstić information content (AvgIpc) is 3.01. The molecule has 4 heteroatoms. The summed E-state index contributed by atoms with van der Waals surface area (Å²) in [5.74, 6) is 0.0838. The molecule has 0 radical (unpaired) electrons. The predicted molar refractivity (Wildman–Crippen MR) is 93.0 cm³/mol. The van der Waals surface area contributed by atoms with Crippen molar-refractivity contribution in [3.05, 3.63) is 57.3 Å². The van der Waals surface area contributed by atoms with Gasteiger partial charge in [-0.2, -0.15) is 0 Å². The maximum absolute atomic E-state index is 12.1. The first-order chi connectivity index (χ1) is 10.6. The molecule has 0 atom stereocenters. The maximum atomic E-state index is 12.1. The van der Waals surface area contributed by atoms with E-state index < -0.39 is 0 Å². The molecule has 3 nitrogen and oxygen atoms in total. The third-order valence-corrected chi connectivity index (χ3v) is 4.63. The molecule has 1 amide bonds. The van der Waals surface area contributed by atoms with Crippen LogP contribution in [-0.4, -0.2) is 23.9 Å². The molecule has 0 spiro atoms. The molecule has 0 unspecified atom stereocenters. The van der Waals surface area contributed by atoms with Gasteiger partial charge in [0.15, 0.2) is 0 Å². The summed E-state index contributed by atoms with van der Waals surface area (Å²) >= 11 is 1.67. The molecule has 0 aliphatic heterocycles. The Hall–Kier alpha value is -1.65. The highest BCUT2D eigenvalue weighted by molar-refractivity contribution is 7.09. The lowest BCUT2D eigenvalue weighted by molar-refractivity contribution is -0.122. The molecule has 0 saturated carbocycles. The molecule has 1 heterocycles. The summed E-state index contributed by atoms with van der Waals surface area (Å²) < 4.78 is 0. The van der Waals surface area contributed by atoms with E-state index in [2.05, 4.69) is 49.2 Å². The Morgan fingerprint density at radius 3 is 2.77 bits per heavy atom. The van der Waals surface area contributed by atoms with Gasteiger partial charge in [-0.15, -0.1) is 11.3 Å². The number of hydrogen-bond donors (Lipinski definition) is 1. The van der Waals surface area contributed by atoms with Crippen LogP contribution >= 0.6 is 11.3 Å². The van der Waals surface area contributed by atoms with E-state index in [1.165, 1.54) is 21.6 Å². The van der Waals surface area contributed by atoms with E-state index in [4.69, 9.17) is 0 Å². The number of nitrogens with one attached hydrogen (secondary N) is 1. The number of aryl methyl sites for hydroxylation is 2. The van der Waals surface area contributed by atoms with Crippen LogP contribution in [0.4, 0.5) is 0 Å². The van der Waals surface area contributed by atoms with Crippen molar-refractivity contribution in [1.82, 2.24) is 10.2 Å². The third kappa shape index (κ3) is 4.97. The minimum atomic E-state index is 0.0838. The zero-order valence-electron chi connectivity index (χ0n) is 13.6. The second kappa shape index (κ2) is 8.11. The first kappa shape index (κ1) is 16.7. The summed E-state index contributed by atoms with van der Waals surface area (Å²) in [6, 6.07) is 10.5. The quantitative estimate of drug-likeness (QED) is 0.848. The maximum Gasteiger partial charge on any atom is 0.234 e. The van der Waals surface area contributed by atoms with Gasteiger partial charge in [0.2, 0.25) is 5.91 Å². The second-order valence-electron chi connectivity index (χ2n) is 5.59. The van der Waals surface area contributed by atoms with Crippen LogP contribution in [0, 0.1) is 13.8 Å². The van der Waals surface area contributed by atoms with Crippen molar-refractivity contribution in [2.24, 2.45) is 0 Å². The summed E-state index contributed by atoms with van der Waals surface area (Å²) in [6.45, 7) is 9.06. The van der Waals surface area contributed by atoms with Crippen LogP contribution in [0.2, 0.25) is 0 Å². The normalized spacial score (nSPS) is 10.9. The summed E-state index contributed by atoms with van der Waals surface area (Å²) in [5, 5.41) is 5.02. The monoisotopic (exact) mass is 316 g/mol. The molecule has 0 aliphatic rings. The van der Waals surface area contributed by atoms with Gasteiger partial charge in [-0.05, 0) is 43.0 Å². The van der Waals surface area contributed by atoms with Gasteiger partial charge in [0, 0.05) is 11.4 Å². The molecular formula is C18H24N2OS. The lowest BCUT2D eigenvalue weighted by Gasteiger charge is -2.21.